The third-order valence-electron chi connectivity index (χ3n) is 5.33. The zero-order chi connectivity index (χ0) is 24.7. The summed E-state index contributed by atoms with van der Waals surface area (Å²) in [6.45, 7) is 2.19. The van der Waals surface area contributed by atoms with Gasteiger partial charge in [-0.3, -0.25) is 4.79 Å². The van der Waals surface area contributed by atoms with Crippen LogP contribution >= 0.6 is 0 Å². The lowest BCUT2D eigenvalue weighted by molar-refractivity contribution is -0.138. The van der Waals surface area contributed by atoms with Crippen molar-refractivity contribution in [2.75, 3.05) is 6.54 Å². The van der Waals surface area contributed by atoms with Gasteiger partial charge >= 0.3 is 18.2 Å². The second-order valence-corrected chi connectivity index (χ2v) is 7.64. The average Bonchev–Trinajstić information content (AvgIpc) is 2.81. The van der Waals surface area contributed by atoms with E-state index in [1.54, 1.807) is 25.1 Å². The standard InChI is InChI=1S/C26H24F3NO4/c1-2-30(25(33)34-17-18-7-4-3-5-8-18)16-23-20(15-24(31)32)9-6-10-22(23)19-11-13-21(14-12-19)26(27,28)29/h3-14H,2,15-17H2,1H3,(H,31,32). The van der Waals surface area contributed by atoms with Crippen LogP contribution < -0.4 is 0 Å². The minimum Gasteiger partial charge on any atom is -0.481 e. The van der Waals surface area contributed by atoms with E-state index in [1.807, 2.05) is 30.3 Å². The molecule has 1 amide bonds. The van der Waals surface area contributed by atoms with E-state index in [9.17, 15) is 27.9 Å². The van der Waals surface area contributed by atoms with Crippen LogP contribution in [-0.2, 0) is 35.3 Å². The van der Waals surface area contributed by atoms with E-state index < -0.39 is 23.8 Å². The smallest absolute Gasteiger partial charge is 0.416 e. The fourth-order valence-corrected chi connectivity index (χ4v) is 3.57. The van der Waals surface area contributed by atoms with Gasteiger partial charge in [0.05, 0.1) is 12.0 Å². The molecule has 0 atom stereocenters. The number of rotatable bonds is 8. The van der Waals surface area contributed by atoms with Gasteiger partial charge in [-0.05, 0) is 46.9 Å². The number of carboxylic acid groups (broad SMARTS) is 1. The Morgan fingerprint density at radius 2 is 1.62 bits per heavy atom. The number of benzene rings is 3. The van der Waals surface area contributed by atoms with Crippen molar-refractivity contribution in [3.63, 3.8) is 0 Å². The summed E-state index contributed by atoms with van der Waals surface area (Å²) in [6, 6.07) is 18.8. The van der Waals surface area contributed by atoms with E-state index in [0.29, 0.717) is 28.8 Å². The molecule has 1 N–H and O–H groups in total. The van der Waals surface area contributed by atoms with Gasteiger partial charge in [-0.15, -0.1) is 0 Å². The van der Waals surface area contributed by atoms with Gasteiger partial charge in [-0.1, -0.05) is 60.7 Å². The highest BCUT2D eigenvalue weighted by Crippen LogP contribution is 2.33. The molecule has 0 saturated carbocycles. The molecule has 3 aromatic carbocycles. The lowest BCUT2D eigenvalue weighted by Crippen LogP contribution is -2.31. The molecule has 0 aromatic heterocycles. The van der Waals surface area contributed by atoms with Gasteiger partial charge in [0.2, 0.25) is 0 Å². The number of hydrogen-bond acceptors (Lipinski definition) is 3. The average molecular weight is 471 g/mol. The lowest BCUT2D eigenvalue weighted by Gasteiger charge is -2.24. The number of ether oxygens (including phenoxy) is 1. The molecule has 0 aliphatic carbocycles. The predicted molar refractivity (Wildman–Crippen MR) is 121 cm³/mol. The van der Waals surface area contributed by atoms with Gasteiger partial charge in [0, 0.05) is 13.1 Å². The largest absolute Gasteiger partial charge is 0.481 e. The van der Waals surface area contributed by atoms with Crippen molar-refractivity contribution in [1.29, 1.82) is 0 Å². The summed E-state index contributed by atoms with van der Waals surface area (Å²) in [6.07, 6.45) is -5.33. The third-order valence-corrected chi connectivity index (χ3v) is 5.33. The predicted octanol–water partition coefficient (Wildman–Crippen LogP) is 6.16. The van der Waals surface area contributed by atoms with Gasteiger partial charge in [-0.25, -0.2) is 4.79 Å². The number of carbonyl (C=O) groups excluding carboxylic acids is 1. The molecule has 0 fully saturated rings. The molecular weight excluding hydrogens is 447 g/mol. The number of halogens is 3. The minimum atomic E-state index is -4.46. The summed E-state index contributed by atoms with van der Waals surface area (Å²) in [5.41, 5.74) is 2.11. The molecule has 34 heavy (non-hydrogen) atoms. The monoisotopic (exact) mass is 471 g/mol. The molecule has 0 spiro atoms. The molecule has 178 valence electrons. The molecule has 3 rings (SSSR count). The van der Waals surface area contributed by atoms with E-state index in [4.69, 9.17) is 4.74 Å². The van der Waals surface area contributed by atoms with Crippen LogP contribution in [-0.4, -0.2) is 28.6 Å². The second kappa shape index (κ2) is 10.9. The summed E-state index contributed by atoms with van der Waals surface area (Å²) in [7, 11) is 0. The van der Waals surface area contributed by atoms with E-state index >= 15 is 0 Å². The quantitative estimate of drug-likeness (QED) is 0.427. The fraction of sp³-hybridized carbons (Fsp3) is 0.231. The van der Waals surface area contributed by atoms with Crippen LogP contribution in [0.3, 0.4) is 0 Å². The first kappa shape index (κ1) is 24.8. The van der Waals surface area contributed by atoms with Gasteiger partial charge in [0.25, 0.3) is 0 Å². The summed E-state index contributed by atoms with van der Waals surface area (Å²) in [5, 5.41) is 9.36. The van der Waals surface area contributed by atoms with Crippen LogP contribution in [0.2, 0.25) is 0 Å². The fourth-order valence-electron chi connectivity index (χ4n) is 3.57. The van der Waals surface area contributed by atoms with Crippen molar-refractivity contribution in [3.05, 3.63) is 95.1 Å². The Hall–Kier alpha value is -3.81. The normalized spacial score (nSPS) is 11.2. The van der Waals surface area contributed by atoms with Crippen molar-refractivity contribution in [1.82, 2.24) is 4.90 Å². The van der Waals surface area contributed by atoms with Gasteiger partial charge < -0.3 is 14.7 Å². The number of nitrogens with zero attached hydrogens (tertiary/aromatic N) is 1. The van der Waals surface area contributed by atoms with Crippen molar-refractivity contribution < 1.29 is 32.6 Å². The van der Waals surface area contributed by atoms with Crippen molar-refractivity contribution >= 4 is 12.1 Å². The Labute approximate surface area is 195 Å². The van der Waals surface area contributed by atoms with E-state index in [2.05, 4.69) is 0 Å². The SMILES string of the molecule is CCN(Cc1c(CC(=O)O)cccc1-c1ccc(C(F)(F)F)cc1)C(=O)OCc1ccccc1. The van der Waals surface area contributed by atoms with Crippen LogP contribution in [0.4, 0.5) is 18.0 Å². The number of carboxylic acids is 1. The van der Waals surface area contributed by atoms with Crippen LogP contribution in [0, 0.1) is 0 Å². The number of carbonyl (C=O) groups is 2. The van der Waals surface area contributed by atoms with Crippen LogP contribution in [0.15, 0.2) is 72.8 Å². The molecule has 0 aliphatic rings. The summed E-state index contributed by atoms with van der Waals surface area (Å²) < 4.78 is 44.4. The molecule has 0 bridgehead atoms. The van der Waals surface area contributed by atoms with Gasteiger partial charge in [-0.2, -0.15) is 13.2 Å². The number of amides is 1. The van der Waals surface area contributed by atoms with E-state index in [-0.39, 0.29) is 19.6 Å². The maximum atomic E-state index is 13.0. The first-order valence-corrected chi connectivity index (χ1v) is 10.6. The Kier molecular flexibility index (Phi) is 7.94. The van der Waals surface area contributed by atoms with Crippen LogP contribution in [0.1, 0.15) is 29.2 Å². The van der Waals surface area contributed by atoms with Crippen molar-refractivity contribution in [3.8, 4) is 11.1 Å². The summed E-state index contributed by atoms with van der Waals surface area (Å²) in [4.78, 5) is 25.6. The third kappa shape index (κ3) is 6.37. The molecule has 0 heterocycles. The van der Waals surface area contributed by atoms with Gasteiger partial charge in [0.1, 0.15) is 6.61 Å². The number of hydrogen-bond donors (Lipinski definition) is 1. The molecule has 0 aliphatic heterocycles. The second-order valence-electron chi connectivity index (χ2n) is 7.64. The van der Waals surface area contributed by atoms with Crippen molar-refractivity contribution in [2.45, 2.75) is 32.7 Å². The zero-order valence-electron chi connectivity index (χ0n) is 18.5. The maximum Gasteiger partial charge on any atom is 0.416 e. The lowest BCUT2D eigenvalue weighted by atomic mass is 9.93. The van der Waals surface area contributed by atoms with E-state index in [1.165, 1.54) is 17.0 Å². The molecular formula is C26H24F3NO4. The Bertz CT molecular complexity index is 1130. The minimum absolute atomic E-state index is 0.0456. The number of alkyl halides is 3. The number of aliphatic carboxylic acids is 1. The molecule has 0 saturated heterocycles. The van der Waals surface area contributed by atoms with Gasteiger partial charge in [0.15, 0.2) is 0 Å². The van der Waals surface area contributed by atoms with Crippen LogP contribution in [0.25, 0.3) is 11.1 Å². The molecule has 0 unspecified atom stereocenters. The highest BCUT2D eigenvalue weighted by molar-refractivity contribution is 5.76. The first-order chi connectivity index (χ1) is 16.2. The highest BCUT2D eigenvalue weighted by Gasteiger charge is 2.30. The topological polar surface area (TPSA) is 66.8 Å². The first-order valence-electron chi connectivity index (χ1n) is 10.6. The molecule has 3 aromatic rings. The highest BCUT2D eigenvalue weighted by atomic mass is 19.4. The maximum absolute atomic E-state index is 13.0. The van der Waals surface area contributed by atoms with E-state index in [0.717, 1.165) is 17.7 Å². The molecule has 8 heteroatoms. The van der Waals surface area contributed by atoms with Crippen LogP contribution in [0.5, 0.6) is 0 Å². The summed E-state index contributed by atoms with van der Waals surface area (Å²) >= 11 is 0. The summed E-state index contributed by atoms with van der Waals surface area (Å²) in [5.74, 6) is -1.06. The Balaban J connectivity index is 1.91. The zero-order valence-corrected chi connectivity index (χ0v) is 18.5. The van der Waals surface area contributed by atoms with Crippen molar-refractivity contribution in [2.24, 2.45) is 0 Å². The molecule has 0 radical (unpaired) electrons. The Morgan fingerprint density at radius 1 is 0.941 bits per heavy atom. The Morgan fingerprint density at radius 3 is 2.21 bits per heavy atom. The molecule has 5 nitrogen and oxygen atoms in total.